The molecule has 3 N–H and O–H groups in total. The largest absolute Gasteiger partial charge is 0.360 e. The lowest BCUT2D eigenvalue weighted by Crippen LogP contribution is -2.47. The number of guanidine groups is 1. The van der Waals surface area contributed by atoms with Crippen LogP contribution in [-0.4, -0.2) is 68.0 Å². The van der Waals surface area contributed by atoms with Gasteiger partial charge in [-0.3, -0.25) is 9.59 Å². The van der Waals surface area contributed by atoms with Gasteiger partial charge in [-0.25, -0.2) is 4.99 Å². The minimum absolute atomic E-state index is 0. The zero-order chi connectivity index (χ0) is 22.3. The first-order valence-electron chi connectivity index (χ1n) is 12.1. The van der Waals surface area contributed by atoms with Gasteiger partial charge in [-0.2, -0.15) is 0 Å². The third kappa shape index (κ3) is 6.97. The van der Waals surface area contributed by atoms with Crippen LogP contribution < -0.4 is 20.9 Å². The monoisotopic (exact) mass is 568 g/mol. The number of anilines is 1. The Bertz CT molecular complexity index is 825. The highest BCUT2D eigenvalue weighted by molar-refractivity contribution is 14.0. The van der Waals surface area contributed by atoms with Crippen molar-refractivity contribution in [1.82, 2.24) is 20.9 Å². The molecule has 4 rings (SSSR count). The average Bonchev–Trinajstić information content (AvgIpc) is 3.50. The number of halogens is 1. The fraction of sp³-hybridized carbons (Fsp3) is 0.625. The van der Waals surface area contributed by atoms with Crippen molar-refractivity contribution in [1.29, 1.82) is 0 Å². The van der Waals surface area contributed by atoms with Gasteiger partial charge >= 0.3 is 0 Å². The molecule has 33 heavy (non-hydrogen) atoms. The van der Waals surface area contributed by atoms with Crippen molar-refractivity contribution in [2.45, 2.75) is 51.6 Å². The molecule has 1 aliphatic carbocycles. The van der Waals surface area contributed by atoms with E-state index in [-0.39, 0.29) is 41.8 Å². The van der Waals surface area contributed by atoms with Gasteiger partial charge in [0.25, 0.3) is 0 Å². The van der Waals surface area contributed by atoms with E-state index in [0.717, 1.165) is 62.7 Å². The number of nitrogens with one attached hydrogen (secondary N) is 3. The Labute approximate surface area is 214 Å². The number of amides is 2. The van der Waals surface area contributed by atoms with Crippen LogP contribution in [-0.2, 0) is 16.1 Å². The molecule has 2 amide bonds. The quantitative estimate of drug-likeness (QED) is 0.278. The van der Waals surface area contributed by atoms with Crippen LogP contribution in [0.3, 0.4) is 0 Å². The first kappa shape index (κ1) is 25.6. The van der Waals surface area contributed by atoms with Crippen LogP contribution in [0.2, 0.25) is 0 Å². The highest BCUT2D eigenvalue weighted by atomic mass is 127. The summed E-state index contributed by atoms with van der Waals surface area (Å²) >= 11 is 0. The lowest BCUT2D eigenvalue weighted by molar-refractivity contribution is -0.134. The second-order valence-corrected chi connectivity index (χ2v) is 9.03. The van der Waals surface area contributed by atoms with Crippen molar-refractivity contribution >= 4 is 47.4 Å². The smallest absolute Gasteiger partial charge is 0.239 e. The van der Waals surface area contributed by atoms with E-state index in [9.17, 15) is 9.59 Å². The van der Waals surface area contributed by atoms with Crippen molar-refractivity contribution < 1.29 is 9.59 Å². The van der Waals surface area contributed by atoms with Crippen LogP contribution in [0.4, 0.5) is 5.69 Å². The zero-order valence-corrected chi connectivity index (χ0v) is 21.8. The normalized spacial score (nSPS) is 21.5. The molecule has 1 aromatic carbocycles. The summed E-state index contributed by atoms with van der Waals surface area (Å²) in [6.07, 6.45) is 5.46. The summed E-state index contributed by atoms with van der Waals surface area (Å²) in [4.78, 5) is 33.2. The van der Waals surface area contributed by atoms with E-state index >= 15 is 0 Å². The Kier molecular flexibility index (Phi) is 9.64. The van der Waals surface area contributed by atoms with Gasteiger partial charge in [0, 0.05) is 50.4 Å². The molecule has 1 saturated carbocycles. The molecule has 1 aromatic rings. The summed E-state index contributed by atoms with van der Waals surface area (Å²) in [5.74, 6) is 1.46. The van der Waals surface area contributed by atoms with Crippen molar-refractivity contribution in [2.24, 2.45) is 10.9 Å². The summed E-state index contributed by atoms with van der Waals surface area (Å²) in [6.45, 7) is 6.96. The Morgan fingerprint density at radius 2 is 1.91 bits per heavy atom. The molecule has 1 atom stereocenters. The van der Waals surface area contributed by atoms with Crippen LogP contribution in [0, 0.1) is 5.92 Å². The maximum absolute atomic E-state index is 12.7. The van der Waals surface area contributed by atoms with Crippen molar-refractivity contribution in [3.8, 4) is 0 Å². The van der Waals surface area contributed by atoms with E-state index in [4.69, 9.17) is 4.99 Å². The number of likely N-dealkylation sites (tertiary alicyclic amines) is 1. The molecule has 2 aliphatic heterocycles. The summed E-state index contributed by atoms with van der Waals surface area (Å²) < 4.78 is 0. The second-order valence-electron chi connectivity index (χ2n) is 9.03. The van der Waals surface area contributed by atoms with Gasteiger partial charge in [-0.05, 0) is 43.9 Å². The summed E-state index contributed by atoms with van der Waals surface area (Å²) in [6, 6.07) is 8.52. The summed E-state index contributed by atoms with van der Waals surface area (Å²) in [5, 5.41) is 9.71. The average molecular weight is 569 g/mol. The Morgan fingerprint density at radius 3 is 2.61 bits per heavy atom. The van der Waals surface area contributed by atoms with Gasteiger partial charge in [0.05, 0.1) is 13.1 Å². The number of rotatable bonds is 6. The first-order valence-corrected chi connectivity index (χ1v) is 12.1. The minimum atomic E-state index is 0. The van der Waals surface area contributed by atoms with Crippen LogP contribution in [0.15, 0.2) is 29.3 Å². The van der Waals surface area contributed by atoms with E-state index in [0.29, 0.717) is 25.5 Å². The summed E-state index contributed by atoms with van der Waals surface area (Å²) in [7, 11) is 0. The Hall–Kier alpha value is -2.04. The molecule has 2 saturated heterocycles. The lowest BCUT2D eigenvalue weighted by Gasteiger charge is -2.28. The van der Waals surface area contributed by atoms with Gasteiger partial charge in [0.2, 0.25) is 11.8 Å². The topological polar surface area (TPSA) is 89.1 Å². The summed E-state index contributed by atoms with van der Waals surface area (Å²) in [5.41, 5.74) is 2.19. The highest BCUT2D eigenvalue weighted by Gasteiger charge is 2.32. The van der Waals surface area contributed by atoms with Crippen molar-refractivity contribution in [3.63, 3.8) is 0 Å². The number of hydrogen-bond donors (Lipinski definition) is 3. The molecule has 3 aliphatic rings. The van der Waals surface area contributed by atoms with Crippen LogP contribution in [0.1, 0.15) is 44.6 Å². The third-order valence-corrected chi connectivity index (χ3v) is 6.65. The van der Waals surface area contributed by atoms with E-state index < -0.39 is 0 Å². The molecule has 0 aromatic heterocycles. The number of hydrogen-bond acceptors (Lipinski definition) is 4. The molecule has 8 nitrogen and oxygen atoms in total. The molecular weight excluding hydrogens is 531 g/mol. The number of nitrogens with zero attached hydrogens (tertiary/aromatic N) is 3. The van der Waals surface area contributed by atoms with Crippen LogP contribution >= 0.6 is 24.0 Å². The molecule has 2 heterocycles. The fourth-order valence-corrected chi connectivity index (χ4v) is 4.86. The molecule has 9 heteroatoms. The SMILES string of the molecule is CCNC(=NCc1ccc(N2CCNC(=O)C2)cc1)NC1CCN(C(=O)C2CCCC2)C1.I. The van der Waals surface area contributed by atoms with Crippen molar-refractivity contribution in [2.75, 3.05) is 44.2 Å². The third-order valence-electron chi connectivity index (χ3n) is 6.65. The molecular formula is C24H37IN6O2. The maximum atomic E-state index is 12.7. The molecule has 182 valence electrons. The zero-order valence-electron chi connectivity index (χ0n) is 19.5. The minimum Gasteiger partial charge on any atom is -0.360 e. The fourth-order valence-electron chi connectivity index (χ4n) is 4.86. The highest BCUT2D eigenvalue weighted by Crippen LogP contribution is 2.27. The maximum Gasteiger partial charge on any atom is 0.239 e. The predicted octanol–water partition coefficient (Wildman–Crippen LogP) is 2.09. The van der Waals surface area contributed by atoms with Crippen LogP contribution in [0.25, 0.3) is 0 Å². The van der Waals surface area contributed by atoms with E-state index in [2.05, 4.69) is 52.0 Å². The number of benzene rings is 1. The van der Waals surface area contributed by atoms with E-state index in [1.54, 1.807) is 0 Å². The van der Waals surface area contributed by atoms with E-state index in [1.807, 2.05) is 4.90 Å². The van der Waals surface area contributed by atoms with Crippen molar-refractivity contribution in [3.05, 3.63) is 29.8 Å². The number of aliphatic imine (C=N–C) groups is 1. The first-order chi connectivity index (χ1) is 15.6. The Balaban J connectivity index is 0.00000306. The molecule has 3 fully saturated rings. The van der Waals surface area contributed by atoms with Gasteiger partial charge in [0.1, 0.15) is 0 Å². The van der Waals surface area contributed by atoms with Crippen LogP contribution in [0.5, 0.6) is 0 Å². The predicted molar refractivity (Wildman–Crippen MR) is 142 cm³/mol. The Morgan fingerprint density at radius 1 is 1.15 bits per heavy atom. The lowest BCUT2D eigenvalue weighted by atomic mass is 10.1. The second kappa shape index (κ2) is 12.4. The number of carbonyl (C=O) groups excluding carboxylic acids is 2. The standard InChI is InChI=1S/C24H36N6O2.HI/c1-2-25-24(28-20-11-13-30(16-20)23(32)19-5-3-4-6-19)27-15-18-7-9-21(10-8-18)29-14-12-26-22(31)17-29;/h7-10,19-20H,2-6,11-17H2,1H3,(H,26,31)(H2,25,27,28);1H. The number of carbonyl (C=O) groups is 2. The van der Waals surface area contributed by atoms with Gasteiger partial charge in [0.15, 0.2) is 5.96 Å². The molecule has 0 spiro atoms. The molecule has 0 bridgehead atoms. The molecule has 0 radical (unpaired) electrons. The van der Waals surface area contributed by atoms with E-state index in [1.165, 1.54) is 12.8 Å². The van der Waals surface area contributed by atoms with Gasteiger partial charge in [-0.1, -0.05) is 25.0 Å². The molecule has 1 unspecified atom stereocenters. The number of piperazine rings is 1. The van der Waals surface area contributed by atoms with Gasteiger partial charge in [-0.15, -0.1) is 24.0 Å². The van der Waals surface area contributed by atoms with Gasteiger partial charge < -0.3 is 25.8 Å².